The van der Waals surface area contributed by atoms with Crippen LogP contribution in [0.4, 0.5) is 5.00 Å². The monoisotopic (exact) mass is 293 g/mol. The first-order valence-electron chi connectivity index (χ1n) is 6.59. The van der Waals surface area contributed by atoms with E-state index in [-0.39, 0.29) is 5.91 Å². The van der Waals surface area contributed by atoms with Gasteiger partial charge in [-0.05, 0) is 32.8 Å². The highest BCUT2D eigenvalue weighted by atomic mass is 32.1. The van der Waals surface area contributed by atoms with Crippen molar-refractivity contribution in [3.05, 3.63) is 16.5 Å². The first kappa shape index (κ1) is 16.3. The highest BCUT2D eigenvalue weighted by Gasteiger charge is 2.17. The zero-order valence-electron chi connectivity index (χ0n) is 11.8. The molecule has 0 aliphatic heterocycles. The smallest absolute Gasteiger partial charge is 0.341 e. The number of nitrogens with one attached hydrogen (secondary N) is 1. The quantitative estimate of drug-likeness (QED) is 0.476. The summed E-state index contributed by atoms with van der Waals surface area (Å²) < 4.78 is 4.97. The summed E-state index contributed by atoms with van der Waals surface area (Å²) in [6, 6.07) is 1.73. The van der Waals surface area contributed by atoms with Gasteiger partial charge in [-0.15, -0.1) is 23.7 Å². The molecule has 1 rings (SSSR count). The maximum absolute atomic E-state index is 11.8. The van der Waals surface area contributed by atoms with Gasteiger partial charge >= 0.3 is 5.97 Å². The number of esters is 1. The molecular weight excluding hydrogens is 274 g/mol. The zero-order chi connectivity index (χ0) is 15.0. The molecule has 1 N–H and O–H groups in total. The molecule has 1 aromatic heterocycles. The molecule has 0 aliphatic rings. The second-order valence-electron chi connectivity index (χ2n) is 4.28. The van der Waals surface area contributed by atoms with Crippen molar-refractivity contribution in [3.8, 4) is 12.3 Å². The van der Waals surface area contributed by atoms with Gasteiger partial charge < -0.3 is 10.1 Å². The van der Waals surface area contributed by atoms with Crippen LogP contribution in [0, 0.1) is 19.3 Å². The lowest BCUT2D eigenvalue weighted by atomic mass is 10.2. The number of amides is 1. The summed E-state index contributed by atoms with van der Waals surface area (Å²) in [4.78, 5) is 24.5. The van der Waals surface area contributed by atoms with E-state index in [4.69, 9.17) is 11.2 Å². The minimum Gasteiger partial charge on any atom is -0.462 e. The Labute approximate surface area is 123 Å². The topological polar surface area (TPSA) is 55.4 Å². The number of hydrogen-bond donors (Lipinski definition) is 1. The number of carbonyl (C=O) groups excluding carboxylic acids is 2. The van der Waals surface area contributed by atoms with E-state index in [9.17, 15) is 9.59 Å². The first-order valence-corrected chi connectivity index (χ1v) is 7.41. The van der Waals surface area contributed by atoms with E-state index in [0.29, 0.717) is 30.0 Å². The average molecular weight is 293 g/mol. The Hall–Kier alpha value is -1.80. The van der Waals surface area contributed by atoms with Gasteiger partial charge in [0.2, 0.25) is 5.91 Å². The Morgan fingerprint density at radius 3 is 2.85 bits per heavy atom. The Bertz CT molecular complexity index is 514. The standard InChI is InChI=1S/C15H19NO3S/c1-4-6-7-8-9-13(17)16-14-12(10-11(3)20-14)15(18)19-5-2/h1,10H,5-9H2,2-3H3,(H,16,17). The predicted octanol–water partition coefficient (Wildman–Crippen LogP) is 3.37. The minimum atomic E-state index is -0.403. The van der Waals surface area contributed by atoms with Gasteiger partial charge in [0.25, 0.3) is 0 Å². The molecule has 5 heteroatoms. The molecule has 1 amide bonds. The number of hydrogen-bond acceptors (Lipinski definition) is 4. The second kappa shape index (κ2) is 8.39. The summed E-state index contributed by atoms with van der Waals surface area (Å²) in [5.41, 5.74) is 0.423. The molecule has 0 aromatic carbocycles. The van der Waals surface area contributed by atoms with Crippen LogP contribution in [0.25, 0.3) is 0 Å². The number of thiophene rings is 1. The van der Waals surface area contributed by atoms with Crippen molar-refractivity contribution in [3.63, 3.8) is 0 Å². The number of carbonyl (C=O) groups is 2. The summed E-state index contributed by atoms with van der Waals surface area (Å²) >= 11 is 1.38. The maximum Gasteiger partial charge on any atom is 0.341 e. The van der Waals surface area contributed by atoms with E-state index in [1.165, 1.54) is 11.3 Å². The van der Waals surface area contributed by atoms with Crippen molar-refractivity contribution in [2.45, 2.75) is 39.5 Å². The fourth-order valence-corrected chi connectivity index (χ4v) is 2.59. The lowest BCUT2D eigenvalue weighted by molar-refractivity contribution is -0.116. The van der Waals surface area contributed by atoms with Crippen molar-refractivity contribution in [1.29, 1.82) is 0 Å². The summed E-state index contributed by atoms with van der Waals surface area (Å²) in [5, 5.41) is 3.33. The molecule has 0 saturated carbocycles. The third-order valence-corrected chi connectivity index (χ3v) is 3.54. The van der Waals surface area contributed by atoms with E-state index in [1.54, 1.807) is 13.0 Å². The van der Waals surface area contributed by atoms with Crippen LogP contribution in [0.15, 0.2) is 6.07 Å². The van der Waals surface area contributed by atoms with Crippen molar-refractivity contribution in [1.82, 2.24) is 0 Å². The SMILES string of the molecule is C#CCCCCC(=O)Nc1sc(C)cc1C(=O)OCC. The Morgan fingerprint density at radius 1 is 1.45 bits per heavy atom. The number of terminal acetylenes is 1. The van der Waals surface area contributed by atoms with Crippen LogP contribution in [-0.2, 0) is 9.53 Å². The number of aryl methyl sites for hydroxylation is 1. The number of rotatable bonds is 7. The van der Waals surface area contributed by atoms with Crippen LogP contribution >= 0.6 is 11.3 Å². The minimum absolute atomic E-state index is 0.102. The van der Waals surface area contributed by atoms with Gasteiger partial charge in [-0.3, -0.25) is 4.79 Å². The normalized spacial score (nSPS) is 9.85. The van der Waals surface area contributed by atoms with E-state index in [2.05, 4.69) is 11.2 Å². The van der Waals surface area contributed by atoms with E-state index in [1.807, 2.05) is 6.92 Å². The van der Waals surface area contributed by atoms with Crippen molar-refractivity contribution < 1.29 is 14.3 Å². The van der Waals surface area contributed by atoms with E-state index in [0.717, 1.165) is 17.7 Å². The molecule has 0 atom stereocenters. The van der Waals surface area contributed by atoms with Gasteiger partial charge in [-0.2, -0.15) is 0 Å². The van der Waals surface area contributed by atoms with Gasteiger partial charge in [-0.25, -0.2) is 4.79 Å². The van der Waals surface area contributed by atoms with Crippen LogP contribution in [0.2, 0.25) is 0 Å². The lowest BCUT2D eigenvalue weighted by Crippen LogP contribution is -2.13. The Kier molecular flexibility index (Phi) is 6.82. The van der Waals surface area contributed by atoms with Crippen LogP contribution in [-0.4, -0.2) is 18.5 Å². The molecule has 0 bridgehead atoms. The molecule has 20 heavy (non-hydrogen) atoms. The third kappa shape index (κ3) is 5.06. The fraction of sp³-hybridized carbons (Fsp3) is 0.467. The van der Waals surface area contributed by atoms with E-state index >= 15 is 0 Å². The fourth-order valence-electron chi connectivity index (χ4n) is 1.67. The van der Waals surface area contributed by atoms with Gasteiger partial charge in [0.15, 0.2) is 0 Å². The summed E-state index contributed by atoms with van der Waals surface area (Å²) in [6.45, 7) is 3.95. The predicted molar refractivity (Wildman–Crippen MR) is 80.9 cm³/mol. The van der Waals surface area contributed by atoms with Crippen molar-refractivity contribution in [2.75, 3.05) is 11.9 Å². The molecule has 0 saturated heterocycles. The molecule has 0 fully saturated rings. The average Bonchev–Trinajstić information content (AvgIpc) is 2.76. The summed E-state index contributed by atoms with van der Waals surface area (Å²) in [7, 11) is 0. The molecule has 4 nitrogen and oxygen atoms in total. The van der Waals surface area contributed by atoms with Crippen LogP contribution < -0.4 is 5.32 Å². The van der Waals surface area contributed by atoms with Crippen molar-refractivity contribution in [2.24, 2.45) is 0 Å². The highest BCUT2D eigenvalue weighted by molar-refractivity contribution is 7.16. The van der Waals surface area contributed by atoms with Crippen LogP contribution in [0.3, 0.4) is 0 Å². The molecule has 0 unspecified atom stereocenters. The molecule has 0 radical (unpaired) electrons. The maximum atomic E-state index is 11.8. The molecular formula is C15H19NO3S. The largest absolute Gasteiger partial charge is 0.462 e. The molecule has 0 aliphatic carbocycles. The van der Waals surface area contributed by atoms with Crippen LogP contribution in [0.1, 0.15) is 47.8 Å². The third-order valence-electron chi connectivity index (χ3n) is 2.58. The second-order valence-corrected chi connectivity index (χ2v) is 5.54. The number of ether oxygens (including phenoxy) is 1. The van der Waals surface area contributed by atoms with E-state index < -0.39 is 5.97 Å². The van der Waals surface area contributed by atoms with Crippen LogP contribution in [0.5, 0.6) is 0 Å². The Morgan fingerprint density at radius 2 is 2.20 bits per heavy atom. The molecule has 0 spiro atoms. The zero-order valence-corrected chi connectivity index (χ0v) is 12.6. The van der Waals surface area contributed by atoms with Gasteiger partial charge in [0, 0.05) is 17.7 Å². The molecule has 1 aromatic rings. The summed E-state index contributed by atoms with van der Waals surface area (Å²) in [5.74, 6) is 2.04. The first-order chi connectivity index (χ1) is 9.58. The summed E-state index contributed by atoms with van der Waals surface area (Å²) in [6.07, 6.45) is 7.81. The molecule has 108 valence electrons. The number of anilines is 1. The Balaban J connectivity index is 2.61. The lowest BCUT2D eigenvalue weighted by Gasteiger charge is -2.05. The van der Waals surface area contributed by atoms with Gasteiger partial charge in [0.05, 0.1) is 12.2 Å². The molecule has 1 heterocycles. The van der Waals surface area contributed by atoms with Gasteiger partial charge in [0.1, 0.15) is 5.00 Å². The van der Waals surface area contributed by atoms with Crippen molar-refractivity contribution >= 4 is 28.2 Å². The highest BCUT2D eigenvalue weighted by Crippen LogP contribution is 2.28. The van der Waals surface area contributed by atoms with Gasteiger partial charge in [-0.1, -0.05) is 0 Å². The number of unbranched alkanes of at least 4 members (excludes halogenated alkanes) is 2.